The van der Waals surface area contributed by atoms with E-state index in [-0.39, 0.29) is 18.9 Å². The third-order valence-corrected chi connectivity index (χ3v) is 2.75. The molecular formula is C13H26O6. The van der Waals surface area contributed by atoms with Gasteiger partial charge in [-0.3, -0.25) is 4.79 Å². The number of aliphatic carboxylic acids is 1. The highest BCUT2D eigenvalue weighted by Crippen LogP contribution is 2.21. The van der Waals surface area contributed by atoms with Gasteiger partial charge in [-0.1, -0.05) is 13.8 Å². The first-order chi connectivity index (χ1) is 9.00. The molecule has 4 unspecified atom stereocenters. The summed E-state index contributed by atoms with van der Waals surface area (Å²) in [7, 11) is 0. The van der Waals surface area contributed by atoms with E-state index in [2.05, 4.69) is 0 Å². The van der Waals surface area contributed by atoms with Crippen LogP contribution in [0, 0.1) is 0 Å². The molecule has 1 heterocycles. The lowest BCUT2D eigenvalue weighted by atomic mass is 10.0. The Morgan fingerprint density at radius 2 is 1.89 bits per heavy atom. The molecule has 19 heavy (non-hydrogen) atoms. The van der Waals surface area contributed by atoms with Gasteiger partial charge in [-0.25, -0.2) is 0 Å². The van der Waals surface area contributed by atoms with Crippen LogP contribution in [0.3, 0.4) is 0 Å². The van der Waals surface area contributed by atoms with E-state index >= 15 is 0 Å². The fourth-order valence-corrected chi connectivity index (χ4v) is 1.67. The summed E-state index contributed by atoms with van der Waals surface area (Å²) < 4.78 is 10.6. The van der Waals surface area contributed by atoms with Crippen LogP contribution in [-0.4, -0.2) is 52.5 Å². The van der Waals surface area contributed by atoms with E-state index in [1.54, 1.807) is 6.92 Å². The van der Waals surface area contributed by atoms with Gasteiger partial charge in [-0.2, -0.15) is 0 Å². The number of carboxylic acid groups (broad SMARTS) is 1. The minimum atomic E-state index is -0.833. The van der Waals surface area contributed by atoms with Crippen molar-refractivity contribution < 1.29 is 29.6 Å². The lowest BCUT2D eigenvalue weighted by Crippen LogP contribution is -2.47. The van der Waals surface area contributed by atoms with Crippen LogP contribution in [0.1, 0.15) is 46.5 Å². The monoisotopic (exact) mass is 278 g/mol. The van der Waals surface area contributed by atoms with Gasteiger partial charge >= 0.3 is 5.97 Å². The first kappa shape index (κ1) is 18.3. The molecule has 0 aromatic heterocycles. The average Bonchev–Trinajstić information content (AvgIpc) is 2.37. The largest absolute Gasteiger partial charge is 0.481 e. The lowest BCUT2D eigenvalue weighted by molar-refractivity contribution is -0.261. The van der Waals surface area contributed by atoms with E-state index in [9.17, 15) is 15.0 Å². The maximum absolute atomic E-state index is 10.3. The smallest absolute Gasteiger partial charge is 0.303 e. The Labute approximate surface area is 114 Å². The van der Waals surface area contributed by atoms with Crippen molar-refractivity contribution in [1.29, 1.82) is 0 Å². The quantitative estimate of drug-likeness (QED) is 0.630. The highest BCUT2D eigenvalue weighted by Gasteiger charge is 2.34. The third kappa shape index (κ3) is 7.47. The lowest BCUT2D eigenvalue weighted by Gasteiger charge is -2.35. The van der Waals surface area contributed by atoms with Gasteiger partial charge in [0.2, 0.25) is 0 Å². The number of rotatable bonds is 6. The Balaban J connectivity index is 0.00000154. The molecule has 0 aliphatic carbocycles. The van der Waals surface area contributed by atoms with Crippen LogP contribution in [0.15, 0.2) is 0 Å². The minimum absolute atomic E-state index is 0.118. The first-order valence-corrected chi connectivity index (χ1v) is 6.85. The van der Waals surface area contributed by atoms with Crippen LogP contribution in [0.4, 0.5) is 0 Å². The molecule has 0 aromatic rings. The number of aliphatic hydroxyl groups excluding tert-OH is 2. The van der Waals surface area contributed by atoms with Crippen LogP contribution in [0.2, 0.25) is 0 Å². The molecule has 0 spiro atoms. The molecule has 6 nitrogen and oxygen atoms in total. The van der Waals surface area contributed by atoms with E-state index in [0.29, 0.717) is 19.4 Å². The van der Waals surface area contributed by atoms with Crippen LogP contribution >= 0.6 is 0 Å². The van der Waals surface area contributed by atoms with Gasteiger partial charge in [0.25, 0.3) is 0 Å². The van der Waals surface area contributed by atoms with Crippen molar-refractivity contribution in [3.05, 3.63) is 0 Å². The molecule has 0 amide bonds. The average molecular weight is 278 g/mol. The molecule has 1 saturated heterocycles. The number of ether oxygens (including phenoxy) is 2. The molecular weight excluding hydrogens is 252 g/mol. The van der Waals surface area contributed by atoms with Crippen LogP contribution in [0.5, 0.6) is 0 Å². The fraction of sp³-hybridized carbons (Fsp3) is 0.923. The SMILES string of the molecule is CC.CC1OC(OCCCCC(=O)O)C(O)CC1O. The molecule has 1 rings (SSSR count). The zero-order valence-electron chi connectivity index (χ0n) is 11.9. The number of hydrogen-bond donors (Lipinski definition) is 3. The Kier molecular flexibility index (Phi) is 9.77. The fourth-order valence-electron chi connectivity index (χ4n) is 1.67. The molecule has 1 aliphatic heterocycles. The van der Waals surface area contributed by atoms with Crippen molar-refractivity contribution in [2.24, 2.45) is 0 Å². The highest BCUT2D eigenvalue weighted by atomic mass is 16.7. The predicted octanol–water partition coefficient (Wildman–Crippen LogP) is 1.14. The van der Waals surface area contributed by atoms with Gasteiger partial charge < -0.3 is 24.8 Å². The topological polar surface area (TPSA) is 96.2 Å². The second kappa shape index (κ2) is 10.1. The van der Waals surface area contributed by atoms with Gasteiger partial charge in [0.15, 0.2) is 6.29 Å². The van der Waals surface area contributed by atoms with Crippen LogP contribution < -0.4 is 0 Å². The zero-order chi connectivity index (χ0) is 14.8. The molecule has 3 N–H and O–H groups in total. The standard InChI is InChI=1S/C11H20O6.C2H6/c1-7-8(12)6-9(13)11(17-7)16-5-3-2-4-10(14)15;1-2/h7-9,11-13H,2-6H2,1H3,(H,14,15);1-2H3. The summed E-state index contributed by atoms with van der Waals surface area (Å²) in [4.78, 5) is 10.3. The maximum Gasteiger partial charge on any atom is 0.303 e. The van der Waals surface area contributed by atoms with Crippen molar-refractivity contribution in [1.82, 2.24) is 0 Å². The molecule has 0 saturated carbocycles. The number of hydrogen-bond acceptors (Lipinski definition) is 5. The molecule has 0 bridgehead atoms. The van der Waals surface area contributed by atoms with Gasteiger partial charge in [0.05, 0.1) is 12.2 Å². The zero-order valence-corrected chi connectivity index (χ0v) is 11.9. The van der Waals surface area contributed by atoms with Crippen molar-refractivity contribution in [2.45, 2.75) is 71.1 Å². The summed E-state index contributed by atoms with van der Waals surface area (Å²) in [5, 5.41) is 27.5. The molecule has 6 heteroatoms. The van der Waals surface area contributed by atoms with Gasteiger partial charge in [-0.15, -0.1) is 0 Å². The second-order valence-electron chi connectivity index (χ2n) is 4.30. The number of aliphatic hydroxyl groups is 2. The number of carbonyl (C=O) groups is 1. The molecule has 4 atom stereocenters. The van der Waals surface area contributed by atoms with E-state index in [1.807, 2.05) is 13.8 Å². The molecule has 0 aromatic carbocycles. The van der Waals surface area contributed by atoms with Crippen LogP contribution in [-0.2, 0) is 14.3 Å². The Hall–Kier alpha value is -0.690. The summed E-state index contributed by atoms with van der Waals surface area (Å²) >= 11 is 0. The predicted molar refractivity (Wildman–Crippen MR) is 69.8 cm³/mol. The van der Waals surface area contributed by atoms with Crippen LogP contribution in [0.25, 0.3) is 0 Å². The molecule has 114 valence electrons. The van der Waals surface area contributed by atoms with Crippen molar-refractivity contribution in [3.63, 3.8) is 0 Å². The summed E-state index contributed by atoms with van der Waals surface area (Å²) in [6.45, 7) is 6.06. The minimum Gasteiger partial charge on any atom is -0.481 e. The van der Waals surface area contributed by atoms with E-state index in [1.165, 1.54) is 0 Å². The van der Waals surface area contributed by atoms with Gasteiger partial charge in [0.1, 0.15) is 6.10 Å². The van der Waals surface area contributed by atoms with E-state index in [4.69, 9.17) is 14.6 Å². The summed E-state index contributed by atoms with van der Waals surface area (Å²) in [6.07, 6.45) is -1.09. The first-order valence-electron chi connectivity index (χ1n) is 6.85. The summed E-state index contributed by atoms with van der Waals surface area (Å²) in [6, 6.07) is 0. The van der Waals surface area contributed by atoms with Gasteiger partial charge in [-0.05, 0) is 19.8 Å². The normalized spacial score (nSPS) is 30.4. The molecule has 1 aliphatic rings. The highest BCUT2D eigenvalue weighted by molar-refractivity contribution is 5.66. The Bertz CT molecular complexity index is 245. The summed E-state index contributed by atoms with van der Waals surface area (Å²) in [5.74, 6) is -0.823. The Morgan fingerprint density at radius 1 is 1.26 bits per heavy atom. The Morgan fingerprint density at radius 3 is 2.47 bits per heavy atom. The summed E-state index contributed by atoms with van der Waals surface area (Å²) in [5.41, 5.74) is 0. The van der Waals surface area contributed by atoms with E-state index in [0.717, 1.165) is 0 Å². The molecule has 1 fully saturated rings. The van der Waals surface area contributed by atoms with E-state index < -0.39 is 24.5 Å². The number of carboxylic acids is 1. The second-order valence-corrected chi connectivity index (χ2v) is 4.30. The number of unbranched alkanes of at least 4 members (excludes halogenated alkanes) is 1. The van der Waals surface area contributed by atoms with Crippen molar-refractivity contribution >= 4 is 5.97 Å². The van der Waals surface area contributed by atoms with Crippen molar-refractivity contribution in [3.8, 4) is 0 Å². The van der Waals surface area contributed by atoms with Gasteiger partial charge in [0, 0.05) is 19.4 Å². The van der Waals surface area contributed by atoms with Crippen molar-refractivity contribution in [2.75, 3.05) is 6.61 Å². The molecule has 0 radical (unpaired) electrons. The maximum atomic E-state index is 10.3. The third-order valence-electron chi connectivity index (χ3n) is 2.75.